The average molecular weight is 325 g/mol. The van der Waals surface area contributed by atoms with Crippen LogP contribution in [-0.2, 0) is 0 Å². The normalized spacial score (nSPS) is 62.3. The maximum absolute atomic E-state index is 10.9. The van der Waals surface area contributed by atoms with Crippen LogP contribution in [0.3, 0.4) is 0 Å². The molecule has 0 radical (unpaired) electrons. The first-order valence-electron chi connectivity index (χ1n) is 9.23. The van der Waals surface area contributed by atoms with Crippen molar-refractivity contribution in [2.75, 3.05) is 6.54 Å². The van der Waals surface area contributed by atoms with Crippen molar-refractivity contribution < 1.29 is 20.4 Å². The van der Waals surface area contributed by atoms with E-state index in [-0.39, 0.29) is 34.8 Å². The van der Waals surface area contributed by atoms with Gasteiger partial charge in [-0.15, -0.1) is 0 Å². The fourth-order valence-corrected chi connectivity index (χ4v) is 6.63. The molecule has 132 valence electrons. The second kappa shape index (κ2) is 5.15. The molecule has 23 heavy (non-hydrogen) atoms. The predicted octanol–water partition coefficient (Wildman–Crippen LogP) is 0.254. The number of hydrogen-bond acceptors (Lipinski definition) is 5. The molecular formula is C18H31NO4. The standard InChI is InChI=1S/C18H31NO4/c1-17-4-3-10(20)5-9(17)6-12(21)14-11-7-13(22)16(23)18(11,2)8-19-15(14)17/h9-16,19-23H,3-8H2,1-2H3/t9-,10+,11?,12+,13-,14?,15?,16+,17+,18+/m1/s1. The van der Waals surface area contributed by atoms with Crippen LogP contribution in [0.15, 0.2) is 0 Å². The van der Waals surface area contributed by atoms with E-state index in [1.54, 1.807) is 0 Å². The summed E-state index contributed by atoms with van der Waals surface area (Å²) in [5, 5.41) is 45.3. The topological polar surface area (TPSA) is 93.0 Å². The Labute approximate surface area is 138 Å². The number of fused-ring (bicyclic) bond motifs is 5. The predicted molar refractivity (Wildman–Crippen MR) is 85.6 cm³/mol. The molecule has 3 saturated carbocycles. The molecule has 3 unspecified atom stereocenters. The number of nitrogens with one attached hydrogen (secondary N) is 1. The monoisotopic (exact) mass is 325 g/mol. The van der Waals surface area contributed by atoms with Gasteiger partial charge in [-0.3, -0.25) is 0 Å². The molecule has 1 saturated heterocycles. The van der Waals surface area contributed by atoms with Crippen LogP contribution in [0.1, 0.15) is 46.0 Å². The molecule has 0 aromatic heterocycles. The van der Waals surface area contributed by atoms with Gasteiger partial charge in [-0.1, -0.05) is 13.8 Å². The molecule has 0 aromatic rings. The van der Waals surface area contributed by atoms with Gasteiger partial charge in [0.2, 0.25) is 0 Å². The zero-order valence-corrected chi connectivity index (χ0v) is 14.2. The van der Waals surface area contributed by atoms with Crippen LogP contribution in [-0.4, -0.2) is 57.4 Å². The third-order valence-corrected chi connectivity index (χ3v) is 8.12. The minimum absolute atomic E-state index is 0.0806. The van der Waals surface area contributed by atoms with Crippen molar-refractivity contribution in [1.82, 2.24) is 5.32 Å². The van der Waals surface area contributed by atoms with Crippen LogP contribution < -0.4 is 5.32 Å². The van der Waals surface area contributed by atoms with E-state index >= 15 is 0 Å². The van der Waals surface area contributed by atoms with Crippen molar-refractivity contribution in [2.45, 2.75) is 76.4 Å². The zero-order valence-electron chi connectivity index (χ0n) is 14.2. The molecule has 1 heterocycles. The number of aliphatic hydroxyl groups is 4. The van der Waals surface area contributed by atoms with Gasteiger partial charge in [0, 0.05) is 23.9 Å². The molecule has 5 heteroatoms. The van der Waals surface area contributed by atoms with E-state index in [4.69, 9.17) is 0 Å². The smallest absolute Gasteiger partial charge is 0.0867 e. The molecule has 0 bridgehead atoms. The zero-order chi connectivity index (χ0) is 16.6. The van der Waals surface area contributed by atoms with Crippen LogP contribution in [0.25, 0.3) is 0 Å². The summed E-state index contributed by atoms with van der Waals surface area (Å²) < 4.78 is 0. The highest BCUT2D eigenvalue weighted by molar-refractivity contribution is 5.16. The maximum atomic E-state index is 10.9. The van der Waals surface area contributed by atoms with E-state index in [9.17, 15) is 20.4 Å². The fourth-order valence-electron chi connectivity index (χ4n) is 6.63. The van der Waals surface area contributed by atoms with Crippen LogP contribution in [0.4, 0.5) is 0 Å². The molecule has 0 spiro atoms. The van der Waals surface area contributed by atoms with Crippen molar-refractivity contribution in [3.63, 3.8) is 0 Å². The van der Waals surface area contributed by atoms with E-state index in [2.05, 4.69) is 12.2 Å². The second-order valence-electron chi connectivity index (χ2n) is 9.23. The molecule has 4 aliphatic rings. The summed E-state index contributed by atoms with van der Waals surface area (Å²) in [5.74, 6) is 0.575. The number of hydrogen-bond donors (Lipinski definition) is 5. The highest BCUT2D eigenvalue weighted by Gasteiger charge is 2.64. The molecular weight excluding hydrogens is 294 g/mol. The van der Waals surface area contributed by atoms with Crippen molar-refractivity contribution in [3.05, 3.63) is 0 Å². The van der Waals surface area contributed by atoms with Crippen molar-refractivity contribution in [2.24, 2.45) is 28.6 Å². The third-order valence-electron chi connectivity index (χ3n) is 8.12. The van der Waals surface area contributed by atoms with Crippen LogP contribution in [0, 0.1) is 28.6 Å². The quantitative estimate of drug-likeness (QED) is 0.440. The molecule has 4 rings (SSSR count). The van der Waals surface area contributed by atoms with E-state index < -0.39 is 18.3 Å². The molecule has 5 nitrogen and oxygen atoms in total. The van der Waals surface area contributed by atoms with Gasteiger partial charge in [0.25, 0.3) is 0 Å². The first-order valence-corrected chi connectivity index (χ1v) is 9.23. The maximum Gasteiger partial charge on any atom is 0.0867 e. The Kier molecular flexibility index (Phi) is 3.64. The van der Waals surface area contributed by atoms with Gasteiger partial charge < -0.3 is 25.7 Å². The Morgan fingerprint density at radius 2 is 1.65 bits per heavy atom. The summed E-state index contributed by atoms with van der Waals surface area (Å²) in [6.45, 7) is 5.05. The molecule has 5 N–H and O–H groups in total. The second-order valence-corrected chi connectivity index (χ2v) is 9.23. The van der Waals surface area contributed by atoms with Crippen LogP contribution >= 0.6 is 0 Å². The summed E-state index contributed by atoms with van der Waals surface area (Å²) >= 11 is 0. The lowest BCUT2D eigenvalue weighted by Crippen LogP contribution is -2.69. The van der Waals surface area contributed by atoms with E-state index in [1.807, 2.05) is 6.92 Å². The first-order chi connectivity index (χ1) is 10.8. The van der Waals surface area contributed by atoms with Gasteiger partial charge in [0.1, 0.15) is 0 Å². The largest absolute Gasteiger partial charge is 0.393 e. The lowest BCUT2D eigenvalue weighted by molar-refractivity contribution is -0.153. The highest BCUT2D eigenvalue weighted by atomic mass is 16.3. The first kappa shape index (κ1) is 16.3. The minimum Gasteiger partial charge on any atom is -0.393 e. The van der Waals surface area contributed by atoms with E-state index in [0.29, 0.717) is 18.9 Å². The molecule has 4 fully saturated rings. The molecule has 3 aliphatic carbocycles. The molecule has 10 atom stereocenters. The van der Waals surface area contributed by atoms with Crippen molar-refractivity contribution in [3.8, 4) is 0 Å². The summed E-state index contributed by atoms with van der Waals surface area (Å²) in [7, 11) is 0. The Morgan fingerprint density at radius 1 is 0.913 bits per heavy atom. The number of aliphatic hydroxyl groups excluding tert-OH is 4. The molecule has 1 aliphatic heterocycles. The van der Waals surface area contributed by atoms with Crippen LogP contribution in [0.2, 0.25) is 0 Å². The third kappa shape index (κ3) is 2.10. The Bertz CT molecular complexity index is 488. The highest BCUT2D eigenvalue weighted by Crippen LogP contribution is 2.60. The lowest BCUT2D eigenvalue weighted by atomic mass is 9.49. The number of rotatable bonds is 0. The average Bonchev–Trinajstić information content (AvgIpc) is 2.73. The van der Waals surface area contributed by atoms with E-state index in [0.717, 1.165) is 25.7 Å². The summed E-state index contributed by atoms with van der Waals surface area (Å²) in [5.41, 5.74) is -0.276. The van der Waals surface area contributed by atoms with Crippen LogP contribution in [0.5, 0.6) is 0 Å². The van der Waals surface area contributed by atoms with Gasteiger partial charge in [0.15, 0.2) is 0 Å². The van der Waals surface area contributed by atoms with Gasteiger partial charge in [-0.05, 0) is 49.4 Å². The molecule has 0 aromatic carbocycles. The van der Waals surface area contributed by atoms with Gasteiger partial charge in [0.05, 0.1) is 24.4 Å². The summed E-state index contributed by atoms with van der Waals surface area (Å²) in [6.07, 6.45) is 1.86. The van der Waals surface area contributed by atoms with Gasteiger partial charge in [-0.25, -0.2) is 0 Å². The SMILES string of the molecule is C[C@]12CNC3C(C1C[C@@H](O)[C@@H]2O)[C@@H](O)C[C@H]1C[C@@H](O)CC[C@]31C. The van der Waals surface area contributed by atoms with Crippen molar-refractivity contribution >= 4 is 0 Å². The van der Waals surface area contributed by atoms with E-state index in [1.165, 1.54) is 0 Å². The fraction of sp³-hybridized carbons (Fsp3) is 1.00. The number of piperidine rings is 1. The summed E-state index contributed by atoms with van der Waals surface area (Å²) in [4.78, 5) is 0. The Balaban J connectivity index is 1.68. The minimum atomic E-state index is -0.716. The molecule has 0 amide bonds. The van der Waals surface area contributed by atoms with Gasteiger partial charge >= 0.3 is 0 Å². The summed E-state index contributed by atoms with van der Waals surface area (Å²) in [6, 6.07) is 0.208. The van der Waals surface area contributed by atoms with Gasteiger partial charge in [-0.2, -0.15) is 0 Å². The Morgan fingerprint density at radius 3 is 2.39 bits per heavy atom. The Hall–Kier alpha value is -0.200. The van der Waals surface area contributed by atoms with Crippen molar-refractivity contribution in [1.29, 1.82) is 0 Å². The lowest BCUT2D eigenvalue weighted by Gasteiger charge is -2.61.